The van der Waals surface area contributed by atoms with E-state index in [1.54, 1.807) is 12.1 Å². The highest BCUT2D eigenvalue weighted by Crippen LogP contribution is 2.38. The van der Waals surface area contributed by atoms with Crippen LogP contribution < -0.4 is 0 Å². The Morgan fingerprint density at radius 1 is 1.12 bits per heavy atom. The maximum atomic E-state index is 10.9. The number of rotatable bonds is 4. The quantitative estimate of drug-likeness (QED) is 0.376. The molecule has 0 saturated heterocycles. The van der Waals surface area contributed by atoms with Gasteiger partial charge in [-0.3, -0.25) is 10.1 Å². The van der Waals surface area contributed by atoms with Gasteiger partial charge in [-0.25, -0.2) is 0 Å². The molecule has 0 spiro atoms. The number of nitro benzene ring substituents is 1. The summed E-state index contributed by atoms with van der Waals surface area (Å²) in [7, 11) is 0. The summed E-state index contributed by atoms with van der Waals surface area (Å²) in [6, 6.07) is 8.58. The molecule has 3 N–H and O–H groups in total. The van der Waals surface area contributed by atoms with E-state index in [0.29, 0.717) is 12.2 Å². The lowest BCUT2D eigenvalue weighted by Gasteiger charge is -2.01. The van der Waals surface area contributed by atoms with Crippen LogP contribution in [0.2, 0.25) is 0 Å². The molecule has 0 aliphatic heterocycles. The maximum absolute atomic E-state index is 10.9. The van der Waals surface area contributed by atoms with Gasteiger partial charge in [0.05, 0.1) is 10.5 Å². The Morgan fingerprint density at radius 3 is 2.50 bits per heavy atom. The van der Waals surface area contributed by atoms with Crippen molar-refractivity contribution in [2.45, 2.75) is 6.42 Å². The third-order valence-corrected chi connectivity index (χ3v) is 3.28. The van der Waals surface area contributed by atoms with Crippen LogP contribution in [0, 0.1) is 10.1 Å². The molecule has 0 amide bonds. The Labute approximate surface area is 134 Å². The normalized spacial score (nSPS) is 10.7. The van der Waals surface area contributed by atoms with E-state index in [2.05, 4.69) is 10.1 Å². The van der Waals surface area contributed by atoms with Crippen LogP contribution in [0.1, 0.15) is 11.4 Å². The van der Waals surface area contributed by atoms with Gasteiger partial charge in [0, 0.05) is 12.5 Å². The second-order valence-corrected chi connectivity index (χ2v) is 4.98. The van der Waals surface area contributed by atoms with Crippen LogP contribution in [0.15, 0.2) is 40.9 Å². The van der Waals surface area contributed by atoms with Crippen molar-refractivity contribution < 1.29 is 24.8 Å². The molecular formula is C15H11N3O6. The zero-order valence-corrected chi connectivity index (χ0v) is 12.1. The Morgan fingerprint density at radius 2 is 1.83 bits per heavy atom. The first-order chi connectivity index (χ1) is 11.4. The fourth-order valence-corrected chi connectivity index (χ4v) is 2.11. The minimum atomic E-state index is -0.827. The molecule has 1 heterocycles. The van der Waals surface area contributed by atoms with E-state index in [9.17, 15) is 25.4 Å². The fourth-order valence-electron chi connectivity index (χ4n) is 2.11. The lowest BCUT2D eigenvalue weighted by atomic mass is 10.1. The number of nitro groups is 1. The Bertz CT molecular complexity index is 904. The lowest BCUT2D eigenvalue weighted by Crippen LogP contribution is -1.92. The average Bonchev–Trinajstić information content (AvgIpc) is 3.00. The standard InChI is InChI=1S/C15H11N3O6/c19-10-3-1-8(2-4-10)5-13-16-15(24-17-13)9-6-11(18(22)23)14(21)12(20)7-9/h1-4,6-7,19-21H,5H2. The first-order valence-electron chi connectivity index (χ1n) is 6.75. The highest BCUT2D eigenvalue weighted by molar-refractivity contribution is 5.67. The number of phenolic OH excluding ortho intramolecular Hbond substituents is 3. The SMILES string of the molecule is O=[N+]([O-])c1cc(-c2nc(Cc3ccc(O)cc3)no2)cc(O)c1O. The third-order valence-electron chi connectivity index (χ3n) is 3.28. The Kier molecular flexibility index (Phi) is 3.74. The summed E-state index contributed by atoms with van der Waals surface area (Å²) >= 11 is 0. The zero-order chi connectivity index (χ0) is 17.3. The Balaban J connectivity index is 1.90. The molecule has 0 fully saturated rings. The van der Waals surface area contributed by atoms with E-state index in [-0.39, 0.29) is 17.2 Å². The van der Waals surface area contributed by atoms with Gasteiger partial charge in [0.25, 0.3) is 5.89 Å². The third kappa shape index (κ3) is 2.95. The van der Waals surface area contributed by atoms with E-state index in [1.165, 1.54) is 12.1 Å². The van der Waals surface area contributed by atoms with Crippen molar-refractivity contribution >= 4 is 5.69 Å². The highest BCUT2D eigenvalue weighted by Gasteiger charge is 2.22. The van der Waals surface area contributed by atoms with E-state index in [4.69, 9.17) is 4.52 Å². The summed E-state index contributed by atoms with van der Waals surface area (Å²) in [5.74, 6) is -1.04. The van der Waals surface area contributed by atoms with Gasteiger partial charge >= 0.3 is 5.69 Å². The molecule has 3 aromatic rings. The topological polar surface area (TPSA) is 143 Å². The van der Waals surface area contributed by atoms with E-state index in [1.807, 2.05) is 0 Å². The number of hydrogen-bond donors (Lipinski definition) is 3. The lowest BCUT2D eigenvalue weighted by molar-refractivity contribution is -0.385. The fraction of sp³-hybridized carbons (Fsp3) is 0.0667. The van der Waals surface area contributed by atoms with E-state index >= 15 is 0 Å². The molecule has 0 radical (unpaired) electrons. The van der Waals surface area contributed by atoms with Crippen LogP contribution in [-0.4, -0.2) is 30.4 Å². The van der Waals surface area contributed by atoms with Crippen LogP contribution in [0.5, 0.6) is 17.2 Å². The molecule has 9 heteroatoms. The number of hydrogen-bond acceptors (Lipinski definition) is 8. The first kappa shape index (κ1) is 15.3. The maximum Gasteiger partial charge on any atom is 0.315 e. The molecule has 2 aromatic carbocycles. The van der Waals surface area contributed by atoms with Gasteiger partial charge in [-0.2, -0.15) is 4.98 Å². The number of benzene rings is 2. The van der Waals surface area contributed by atoms with Gasteiger partial charge in [-0.05, 0) is 23.8 Å². The molecule has 0 bridgehead atoms. The number of nitrogens with zero attached hydrogens (tertiary/aromatic N) is 3. The van der Waals surface area contributed by atoms with E-state index in [0.717, 1.165) is 17.7 Å². The molecule has 0 atom stereocenters. The molecule has 24 heavy (non-hydrogen) atoms. The summed E-state index contributed by atoms with van der Waals surface area (Å²) in [5, 5.41) is 43.0. The van der Waals surface area contributed by atoms with Gasteiger partial charge in [-0.15, -0.1) is 0 Å². The molecule has 122 valence electrons. The van der Waals surface area contributed by atoms with Gasteiger partial charge in [0.15, 0.2) is 11.6 Å². The largest absolute Gasteiger partial charge is 0.508 e. The van der Waals surface area contributed by atoms with Crippen molar-refractivity contribution in [3.8, 4) is 28.7 Å². The van der Waals surface area contributed by atoms with Gasteiger partial charge < -0.3 is 19.8 Å². The molecule has 0 saturated carbocycles. The van der Waals surface area contributed by atoms with Gasteiger partial charge in [-0.1, -0.05) is 17.3 Å². The van der Waals surface area contributed by atoms with Crippen LogP contribution in [0.4, 0.5) is 5.69 Å². The van der Waals surface area contributed by atoms with Gasteiger partial charge in [0.1, 0.15) is 5.75 Å². The summed E-state index contributed by atoms with van der Waals surface area (Å²) in [6.45, 7) is 0. The molecule has 9 nitrogen and oxygen atoms in total. The summed E-state index contributed by atoms with van der Waals surface area (Å²) in [4.78, 5) is 14.2. The van der Waals surface area contributed by atoms with E-state index < -0.39 is 22.1 Å². The molecule has 0 aliphatic carbocycles. The number of phenols is 3. The molecule has 3 rings (SSSR count). The van der Waals surface area contributed by atoms with Gasteiger partial charge in [0.2, 0.25) is 5.75 Å². The zero-order valence-electron chi connectivity index (χ0n) is 12.1. The predicted molar refractivity (Wildman–Crippen MR) is 80.6 cm³/mol. The average molecular weight is 329 g/mol. The highest BCUT2D eigenvalue weighted by atomic mass is 16.6. The molecular weight excluding hydrogens is 318 g/mol. The van der Waals surface area contributed by atoms with Crippen molar-refractivity contribution in [3.63, 3.8) is 0 Å². The summed E-state index contributed by atoms with van der Waals surface area (Å²) < 4.78 is 5.05. The predicted octanol–water partition coefficient (Wildman–Crippen LogP) is 2.35. The van der Waals surface area contributed by atoms with Crippen LogP contribution in [0.25, 0.3) is 11.5 Å². The van der Waals surface area contributed by atoms with Crippen LogP contribution in [0.3, 0.4) is 0 Å². The van der Waals surface area contributed by atoms with Crippen molar-refractivity contribution in [1.29, 1.82) is 0 Å². The summed E-state index contributed by atoms with van der Waals surface area (Å²) in [6.07, 6.45) is 0.329. The second-order valence-electron chi connectivity index (χ2n) is 4.98. The molecule has 1 aromatic heterocycles. The summed E-state index contributed by atoms with van der Waals surface area (Å²) in [5.41, 5.74) is 0.282. The van der Waals surface area contributed by atoms with Crippen LogP contribution >= 0.6 is 0 Å². The smallest absolute Gasteiger partial charge is 0.315 e. The number of aromatic hydroxyl groups is 3. The van der Waals surface area contributed by atoms with Crippen molar-refractivity contribution in [2.24, 2.45) is 0 Å². The number of aromatic nitrogens is 2. The Hall–Kier alpha value is -3.62. The van der Waals surface area contributed by atoms with Crippen LogP contribution in [-0.2, 0) is 6.42 Å². The minimum Gasteiger partial charge on any atom is -0.508 e. The second kappa shape index (κ2) is 5.88. The van der Waals surface area contributed by atoms with Crippen molar-refractivity contribution in [2.75, 3.05) is 0 Å². The molecule has 0 unspecified atom stereocenters. The first-order valence-corrected chi connectivity index (χ1v) is 6.75. The monoisotopic (exact) mass is 329 g/mol. The van der Waals surface area contributed by atoms with Crippen molar-refractivity contribution in [1.82, 2.24) is 10.1 Å². The minimum absolute atomic E-state index is 0.0258. The molecule has 0 aliphatic rings. The van der Waals surface area contributed by atoms with Crippen molar-refractivity contribution in [3.05, 3.63) is 57.9 Å².